The van der Waals surface area contributed by atoms with Crippen LogP contribution in [-0.4, -0.2) is 42.8 Å². The van der Waals surface area contributed by atoms with E-state index in [-0.39, 0.29) is 5.88 Å². The van der Waals surface area contributed by atoms with Gasteiger partial charge in [-0.15, -0.1) is 10.2 Å². The second-order valence-corrected chi connectivity index (χ2v) is 9.03. The summed E-state index contributed by atoms with van der Waals surface area (Å²) in [6, 6.07) is 13.0. The van der Waals surface area contributed by atoms with Crippen LogP contribution >= 0.6 is 15.9 Å². The number of hydrogen-bond donors (Lipinski definition) is 2. The van der Waals surface area contributed by atoms with Gasteiger partial charge >= 0.3 is 0 Å². The van der Waals surface area contributed by atoms with E-state index in [4.69, 9.17) is 0 Å². The average molecular weight is 501 g/mol. The highest BCUT2D eigenvalue weighted by Gasteiger charge is 2.20. The van der Waals surface area contributed by atoms with Crippen molar-refractivity contribution < 1.29 is 14.8 Å². The lowest BCUT2D eigenvalue weighted by molar-refractivity contribution is -0.922. The SMILES string of the molecule is CCC[NH+](CCC)Cn1c(O)c(N=NC(=O)c2ccc(N(C)C)cc2)c2cc(Br)ccc21. The number of azo groups is 1. The first-order valence-corrected chi connectivity index (χ1v) is 11.7. The molecular formula is C24H31BrN5O2+. The normalized spacial score (nSPS) is 11.7. The van der Waals surface area contributed by atoms with Gasteiger partial charge in [-0.1, -0.05) is 29.8 Å². The van der Waals surface area contributed by atoms with E-state index in [2.05, 4.69) is 40.0 Å². The number of anilines is 1. The summed E-state index contributed by atoms with van der Waals surface area (Å²) in [7, 11) is 3.88. The van der Waals surface area contributed by atoms with Crippen LogP contribution in [0.15, 0.2) is 57.2 Å². The van der Waals surface area contributed by atoms with E-state index in [1.165, 1.54) is 4.90 Å². The minimum absolute atomic E-state index is 0.0299. The van der Waals surface area contributed by atoms with Gasteiger partial charge in [-0.25, -0.2) is 0 Å². The third-order valence-corrected chi connectivity index (χ3v) is 5.93. The maximum Gasteiger partial charge on any atom is 0.295 e. The number of aromatic hydroxyl groups is 1. The predicted molar refractivity (Wildman–Crippen MR) is 132 cm³/mol. The molecule has 0 saturated carbocycles. The molecule has 0 radical (unpaired) electrons. The molecule has 8 heteroatoms. The Morgan fingerprint density at radius 3 is 2.34 bits per heavy atom. The Kier molecular flexibility index (Phi) is 8.04. The number of nitrogens with one attached hydrogen (secondary N) is 1. The highest BCUT2D eigenvalue weighted by molar-refractivity contribution is 9.10. The van der Waals surface area contributed by atoms with Gasteiger partial charge in [-0.05, 0) is 55.3 Å². The van der Waals surface area contributed by atoms with E-state index in [9.17, 15) is 9.90 Å². The Morgan fingerprint density at radius 2 is 1.75 bits per heavy atom. The summed E-state index contributed by atoms with van der Waals surface area (Å²) in [6.45, 7) is 6.98. The minimum Gasteiger partial charge on any atom is -0.493 e. The molecule has 0 bridgehead atoms. The Labute approximate surface area is 197 Å². The summed E-state index contributed by atoms with van der Waals surface area (Å²) in [4.78, 5) is 15.9. The third-order valence-electron chi connectivity index (χ3n) is 5.43. The molecule has 0 spiro atoms. The maximum absolute atomic E-state index is 12.6. The lowest BCUT2D eigenvalue weighted by atomic mass is 10.2. The van der Waals surface area contributed by atoms with Gasteiger partial charge in [-0.3, -0.25) is 9.36 Å². The second kappa shape index (κ2) is 10.7. The number of fused-ring (bicyclic) bond motifs is 1. The van der Waals surface area contributed by atoms with Gasteiger partial charge in [0.1, 0.15) is 0 Å². The van der Waals surface area contributed by atoms with Crippen molar-refractivity contribution in [2.24, 2.45) is 10.2 Å². The molecule has 3 rings (SSSR count). The first kappa shape index (κ1) is 23.9. The number of hydrogen-bond acceptors (Lipinski definition) is 4. The quantitative estimate of drug-likeness (QED) is 0.415. The number of carbonyl (C=O) groups excluding carboxylic acids is 1. The molecule has 0 unspecified atom stereocenters. The summed E-state index contributed by atoms with van der Waals surface area (Å²) in [5.41, 5.74) is 2.62. The molecule has 3 aromatic rings. The van der Waals surface area contributed by atoms with Crippen LogP contribution in [0.2, 0.25) is 0 Å². The fraction of sp³-hybridized carbons (Fsp3) is 0.375. The number of aromatic nitrogens is 1. The van der Waals surface area contributed by atoms with E-state index in [1.807, 2.05) is 53.9 Å². The zero-order valence-electron chi connectivity index (χ0n) is 19.1. The van der Waals surface area contributed by atoms with Crippen LogP contribution in [0.3, 0.4) is 0 Å². The molecule has 2 N–H and O–H groups in total. The van der Waals surface area contributed by atoms with Crippen LogP contribution in [0.4, 0.5) is 11.4 Å². The summed E-state index contributed by atoms with van der Waals surface area (Å²) < 4.78 is 2.74. The number of rotatable bonds is 9. The zero-order valence-corrected chi connectivity index (χ0v) is 20.7. The lowest BCUT2D eigenvalue weighted by Crippen LogP contribution is -3.11. The number of quaternary nitrogens is 1. The number of benzene rings is 2. The van der Waals surface area contributed by atoms with Crippen LogP contribution in [0.25, 0.3) is 10.9 Å². The number of halogens is 1. The summed E-state index contributed by atoms with van der Waals surface area (Å²) in [5.74, 6) is -0.419. The van der Waals surface area contributed by atoms with Crippen molar-refractivity contribution in [2.75, 3.05) is 32.1 Å². The van der Waals surface area contributed by atoms with Crippen LogP contribution in [0.5, 0.6) is 5.88 Å². The molecule has 0 aliphatic rings. The topological polar surface area (TPSA) is 74.6 Å². The molecule has 0 saturated heterocycles. The van der Waals surface area contributed by atoms with Gasteiger partial charge < -0.3 is 14.9 Å². The molecule has 170 valence electrons. The first-order valence-electron chi connectivity index (χ1n) is 10.9. The molecule has 1 heterocycles. The van der Waals surface area contributed by atoms with E-state index >= 15 is 0 Å². The van der Waals surface area contributed by atoms with Crippen LogP contribution in [0, 0.1) is 0 Å². The van der Waals surface area contributed by atoms with Crippen molar-refractivity contribution >= 4 is 44.1 Å². The third kappa shape index (κ3) is 5.37. The number of amides is 1. The van der Waals surface area contributed by atoms with Gasteiger partial charge in [0.05, 0.1) is 18.6 Å². The van der Waals surface area contributed by atoms with E-state index in [1.54, 1.807) is 12.1 Å². The van der Waals surface area contributed by atoms with Crippen molar-refractivity contribution in [3.8, 4) is 5.88 Å². The standard InChI is InChI=1S/C24H30BrN5O2/c1-5-13-29(14-6-2)16-30-21-12-9-18(25)15-20(21)22(24(30)32)26-27-23(31)17-7-10-19(11-8-17)28(3)4/h7-12,15,32H,5-6,13-14,16H2,1-4H3/p+1. The molecule has 2 aromatic carbocycles. The van der Waals surface area contributed by atoms with Crippen LogP contribution in [0.1, 0.15) is 37.0 Å². The molecule has 32 heavy (non-hydrogen) atoms. The summed E-state index contributed by atoms with van der Waals surface area (Å²) >= 11 is 3.50. The fourth-order valence-electron chi connectivity index (χ4n) is 3.82. The Balaban J connectivity index is 1.96. The molecule has 1 aromatic heterocycles. The van der Waals surface area contributed by atoms with E-state index < -0.39 is 5.91 Å². The zero-order chi connectivity index (χ0) is 23.3. The van der Waals surface area contributed by atoms with Crippen molar-refractivity contribution in [3.63, 3.8) is 0 Å². The molecule has 0 fully saturated rings. The lowest BCUT2D eigenvalue weighted by Gasteiger charge is -2.19. The van der Waals surface area contributed by atoms with Gasteiger partial charge in [0.2, 0.25) is 5.88 Å². The first-order chi connectivity index (χ1) is 15.3. The monoisotopic (exact) mass is 500 g/mol. The number of nitrogens with zero attached hydrogens (tertiary/aromatic N) is 4. The van der Waals surface area contributed by atoms with Crippen molar-refractivity contribution in [1.29, 1.82) is 0 Å². The van der Waals surface area contributed by atoms with Gasteiger partial charge in [0, 0.05) is 35.2 Å². The number of carbonyl (C=O) groups is 1. The largest absolute Gasteiger partial charge is 0.493 e. The summed E-state index contributed by atoms with van der Waals surface area (Å²) in [6.07, 6.45) is 2.13. The smallest absolute Gasteiger partial charge is 0.295 e. The van der Waals surface area contributed by atoms with Gasteiger partial charge in [0.25, 0.3) is 5.91 Å². The fourth-order valence-corrected chi connectivity index (χ4v) is 4.18. The van der Waals surface area contributed by atoms with Crippen LogP contribution < -0.4 is 9.80 Å². The predicted octanol–water partition coefficient (Wildman–Crippen LogP) is 4.76. The van der Waals surface area contributed by atoms with Gasteiger partial charge in [0.15, 0.2) is 12.4 Å². The Hall–Kier alpha value is -2.71. The highest BCUT2D eigenvalue weighted by Crippen LogP contribution is 2.39. The van der Waals surface area contributed by atoms with Crippen LogP contribution in [-0.2, 0) is 6.67 Å². The molecule has 0 atom stereocenters. The summed E-state index contributed by atoms with van der Waals surface area (Å²) in [5, 5.41) is 19.9. The second-order valence-electron chi connectivity index (χ2n) is 8.12. The maximum atomic E-state index is 12.6. The van der Waals surface area contributed by atoms with E-state index in [0.29, 0.717) is 17.9 Å². The average Bonchev–Trinajstić information content (AvgIpc) is 3.02. The molecule has 1 amide bonds. The van der Waals surface area contributed by atoms with Gasteiger partial charge in [-0.2, -0.15) is 0 Å². The Bertz CT molecular complexity index is 1100. The highest BCUT2D eigenvalue weighted by atomic mass is 79.9. The molecule has 0 aliphatic heterocycles. The molecule has 7 nitrogen and oxygen atoms in total. The van der Waals surface area contributed by atoms with Crippen molar-refractivity contribution in [2.45, 2.75) is 33.4 Å². The van der Waals surface area contributed by atoms with E-state index in [0.717, 1.165) is 47.0 Å². The van der Waals surface area contributed by atoms with Crippen molar-refractivity contribution in [1.82, 2.24) is 4.57 Å². The molecule has 0 aliphatic carbocycles. The molecular weight excluding hydrogens is 470 g/mol. The Morgan fingerprint density at radius 1 is 1.09 bits per heavy atom. The minimum atomic E-state index is -0.449. The van der Waals surface area contributed by atoms with Crippen molar-refractivity contribution in [3.05, 3.63) is 52.5 Å².